The van der Waals surface area contributed by atoms with E-state index in [9.17, 15) is 4.79 Å². The van der Waals surface area contributed by atoms with Gasteiger partial charge in [-0.15, -0.1) is 10.2 Å². The van der Waals surface area contributed by atoms with Gasteiger partial charge in [-0.05, 0) is 49.4 Å². The van der Waals surface area contributed by atoms with Crippen LogP contribution in [0, 0.1) is 6.92 Å². The fourth-order valence-electron chi connectivity index (χ4n) is 3.72. The Morgan fingerprint density at radius 1 is 0.867 bits per heavy atom. The van der Waals surface area contributed by atoms with Crippen LogP contribution >= 0.6 is 0 Å². The van der Waals surface area contributed by atoms with Gasteiger partial charge >= 0.3 is 0 Å². The lowest BCUT2D eigenvalue weighted by Crippen LogP contribution is -2.49. The van der Waals surface area contributed by atoms with Crippen molar-refractivity contribution in [2.45, 2.75) is 6.92 Å². The van der Waals surface area contributed by atoms with E-state index in [1.807, 2.05) is 66.4 Å². The van der Waals surface area contributed by atoms with Crippen molar-refractivity contribution in [3.05, 3.63) is 65.7 Å². The Labute approximate surface area is 174 Å². The smallest absolute Gasteiger partial charge is 0.253 e. The number of aromatic nitrogens is 2. The number of ether oxygens (including phenoxy) is 2. The Morgan fingerprint density at radius 3 is 2.37 bits per heavy atom. The number of piperazine rings is 1. The molecule has 1 saturated heterocycles. The summed E-state index contributed by atoms with van der Waals surface area (Å²) in [6, 6.07) is 17.4. The molecule has 7 nitrogen and oxygen atoms in total. The van der Waals surface area contributed by atoms with Crippen molar-refractivity contribution < 1.29 is 14.3 Å². The maximum absolute atomic E-state index is 12.7. The van der Waals surface area contributed by atoms with Crippen molar-refractivity contribution in [1.29, 1.82) is 0 Å². The number of rotatable bonds is 3. The van der Waals surface area contributed by atoms with E-state index in [-0.39, 0.29) is 12.7 Å². The van der Waals surface area contributed by atoms with E-state index in [0.717, 1.165) is 52.8 Å². The second-order valence-electron chi connectivity index (χ2n) is 7.49. The summed E-state index contributed by atoms with van der Waals surface area (Å²) >= 11 is 0. The van der Waals surface area contributed by atoms with Crippen molar-refractivity contribution in [1.82, 2.24) is 15.1 Å². The fourth-order valence-corrected chi connectivity index (χ4v) is 3.72. The minimum absolute atomic E-state index is 0.0823. The average Bonchev–Trinajstić information content (AvgIpc) is 3.27. The van der Waals surface area contributed by atoms with Crippen molar-refractivity contribution in [3.63, 3.8) is 0 Å². The number of amides is 1. The minimum atomic E-state index is 0.0823. The fraction of sp³-hybridized carbons (Fsp3) is 0.261. The maximum atomic E-state index is 12.7. The van der Waals surface area contributed by atoms with Crippen LogP contribution in [0.4, 0.5) is 5.82 Å². The quantitative estimate of drug-likeness (QED) is 0.671. The van der Waals surface area contributed by atoms with E-state index in [0.29, 0.717) is 13.1 Å². The van der Waals surface area contributed by atoms with Crippen molar-refractivity contribution >= 4 is 11.7 Å². The highest BCUT2D eigenvalue weighted by Crippen LogP contribution is 2.35. The number of fused-ring (bicyclic) bond motifs is 1. The van der Waals surface area contributed by atoms with Gasteiger partial charge in [0.15, 0.2) is 17.3 Å². The molecule has 0 atom stereocenters. The van der Waals surface area contributed by atoms with Crippen molar-refractivity contribution in [2.24, 2.45) is 0 Å². The zero-order valence-electron chi connectivity index (χ0n) is 16.7. The molecule has 0 bridgehead atoms. The molecule has 0 saturated carbocycles. The number of anilines is 1. The molecule has 30 heavy (non-hydrogen) atoms. The summed E-state index contributed by atoms with van der Waals surface area (Å²) in [4.78, 5) is 16.8. The van der Waals surface area contributed by atoms with Gasteiger partial charge in [-0.3, -0.25) is 4.79 Å². The molecule has 0 N–H and O–H groups in total. The van der Waals surface area contributed by atoms with Crippen molar-refractivity contribution in [2.75, 3.05) is 37.9 Å². The topological polar surface area (TPSA) is 67.8 Å². The normalized spacial score (nSPS) is 15.4. The van der Waals surface area contributed by atoms with Crippen LogP contribution in [-0.4, -0.2) is 54.0 Å². The molecule has 1 amide bonds. The van der Waals surface area contributed by atoms with E-state index >= 15 is 0 Å². The van der Waals surface area contributed by atoms with Gasteiger partial charge < -0.3 is 19.3 Å². The van der Waals surface area contributed by atoms with Crippen LogP contribution in [0.1, 0.15) is 15.9 Å². The molecule has 2 aliphatic heterocycles. The molecule has 2 aliphatic rings. The van der Waals surface area contributed by atoms with Gasteiger partial charge in [0, 0.05) is 37.3 Å². The zero-order chi connectivity index (χ0) is 20.5. The summed E-state index contributed by atoms with van der Waals surface area (Å²) in [6.07, 6.45) is 0. The predicted octanol–water partition coefficient (Wildman–Crippen LogP) is 3.14. The lowest BCUT2D eigenvalue weighted by molar-refractivity contribution is 0.0746. The summed E-state index contributed by atoms with van der Waals surface area (Å²) in [5, 5.41) is 8.80. The summed E-state index contributed by atoms with van der Waals surface area (Å²) in [5.41, 5.74) is 3.61. The van der Waals surface area contributed by atoms with Gasteiger partial charge in [0.2, 0.25) is 6.79 Å². The second-order valence-corrected chi connectivity index (χ2v) is 7.49. The van der Waals surface area contributed by atoms with E-state index in [1.165, 1.54) is 0 Å². The molecule has 3 aromatic rings. The van der Waals surface area contributed by atoms with Gasteiger partial charge in [-0.1, -0.05) is 17.7 Å². The third kappa shape index (κ3) is 3.54. The Hall–Kier alpha value is -3.61. The van der Waals surface area contributed by atoms with Crippen LogP contribution in [0.3, 0.4) is 0 Å². The molecule has 5 rings (SSSR count). The Morgan fingerprint density at radius 2 is 1.63 bits per heavy atom. The summed E-state index contributed by atoms with van der Waals surface area (Å²) in [5.74, 6) is 2.38. The van der Waals surface area contributed by atoms with Gasteiger partial charge in [0.1, 0.15) is 0 Å². The summed E-state index contributed by atoms with van der Waals surface area (Å²) in [6.45, 7) is 5.07. The van der Waals surface area contributed by atoms with E-state index in [1.54, 1.807) is 0 Å². The molecule has 1 fully saturated rings. The van der Waals surface area contributed by atoms with Gasteiger partial charge in [-0.2, -0.15) is 0 Å². The molecule has 0 aliphatic carbocycles. The number of aryl methyl sites for hydroxylation is 1. The van der Waals surface area contributed by atoms with Crippen LogP contribution < -0.4 is 14.4 Å². The van der Waals surface area contributed by atoms with E-state index in [4.69, 9.17) is 9.47 Å². The predicted molar refractivity (Wildman–Crippen MR) is 113 cm³/mol. The number of nitrogens with zero attached hydrogens (tertiary/aromatic N) is 4. The van der Waals surface area contributed by atoms with E-state index < -0.39 is 0 Å². The van der Waals surface area contributed by atoms with Crippen LogP contribution in [0.2, 0.25) is 0 Å². The Bertz CT molecular complexity index is 1060. The second kappa shape index (κ2) is 7.67. The lowest BCUT2D eigenvalue weighted by atomic mass is 10.1. The summed E-state index contributed by atoms with van der Waals surface area (Å²) < 4.78 is 10.8. The Kier molecular flexibility index (Phi) is 4.71. The SMILES string of the molecule is Cc1ccc(C(=O)N2CCN(c3ccc(-c4ccc5c(c4)OCO5)nn3)CC2)cc1. The standard InChI is InChI=1S/C23H22N4O3/c1-16-2-4-17(5-3-16)23(28)27-12-10-26(11-13-27)22-9-7-19(24-25-22)18-6-8-20-21(14-18)30-15-29-20/h2-9,14H,10-13,15H2,1H3. The van der Waals surface area contributed by atoms with Crippen LogP contribution in [0.15, 0.2) is 54.6 Å². The number of benzene rings is 2. The Balaban J connectivity index is 1.23. The average molecular weight is 402 g/mol. The first-order valence-electron chi connectivity index (χ1n) is 10.0. The van der Waals surface area contributed by atoms with Crippen molar-refractivity contribution in [3.8, 4) is 22.8 Å². The molecular weight excluding hydrogens is 380 g/mol. The van der Waals surface area contributed by atoms with Crippen LogP contribution in [0.5, 0.6) is 11.5 Å². The first-order chi connectivity index (χ1) is 14.7. The largest absolute Gasteiger partial charge is 0.454 e. The molecule has 2 aromatic carbocycles. The molecule has 0 radical (unpaired) electrons. The first kappa shape index (κ1) is 18.4. The molecule has 3 heterocycles. The number of carbonyl (C=O) groups excluding carboxylic acids is 1. The number of carbonyl (C=O) groups is 1. The number of hydrogen-bond donors (Lipinski definition) is 0. The summed E-state index contributed by atoms with van der Waals surface area (Å²) in [7, 11) is 0. The molecule has 7 heteroatoms. The minimum Gasteiger partial charge on any atom is -0.454 e. The third-order valence-electron chi connectivity index (χ3n) is 5.51. The molecule has 152 valence electrons. The lowest BCUT2D eigenvalue weighted by Gasteiger charge is -2.35. The number of hydrogen-bond acceptors (Lipinski definition) is 6. The molecule has 0 unspecified atom stereocenters. The first-order valence-corrected chi connectivity index (χ1v) is 10.0. The molecule has 1 aromatic heterocycles. The van der Waals surface area contributed by atoms with Gasteiger partial charge in [0.25, 0.3) is 5.91 Å². The maximum Gasteiger partial charge on any atom is 0.253 e. The van der Waals surface area contributed by atoms with Crippen LogP contribution in [-0.2, 0) is 0 Å². The monoisotopic (exact) mass is 402 g/mol. The highest BCUT2D eigenvalue weighted by Gasteiger charge is 2.23. The van der Waals surface area contributed by atoms with E-state index in [2.05, 4.69) is 15.1 Å². The zero-order valence-corrected chi connectivity index (χ0v) is 16.7. The molecular formula is C23H22N4O3. The highest BCUT2D eigenvalue weighted by atomic mass is 16.7. The molecule has 0 spiro atoms. The van der Waals surface area contributed by atoms with Gasteiger partial charge in [-0.25, -0.2) is 0 Å². The van der Waals surface area contributed by atoms with Crippen LogP contribution in [0.25, 0.3) is 11.3 Å². The highest BCUT2D eigenvalue weighted by molar-refractivity contribution is 5.94. The third-order valence-corrected chi connectivity index (χ3v) is 5.51. The van der Waals surface area contributed by atoms with Gasteiger partial charge in [0.05, 0.1) is 5.69 Å².